The smallest absolute Gasteiger partial charge is 0.416 e. The molecule has 0 aliphatic rings. The Hall–Kier alpha value is -3.89. The number of hydrogen-bond acceptors (Lipinski definition) is 5. The highest BCUT2D eigenvalue weighted by Gasteiger charge is 2.31. The number of carbonyl (C=O) groups excluding carboxylic acids is 1. The summed E-state index contributed by atoms with van der Waals surface area (Å²) < 4.78 is 97.8. The fraction of sp³-hybridized carbons (Fsp3) is 0.269. The van der Waals surface area contributed by atoms with E-state index in [1.807, 2.05) is 0 Å². The summed E-state index contributed by atoms with van der Waals surface area (Å²) in [4.78, 5) is 12.3. The third kappa shape index (κ3) is 7.80. The zero-order valence-electron chi connectivity index (χ0n) is 19.6. The number of esters is 1. The first kappa shape index (κ1) is 27.7. The molecule has 11 heteroatoms. The number of rotatable bonds is 9. The Morgan fingerprint density at radius 1 is 0.703 bits per heavy atom. The molecule has 3 aromatic carbocycles. The lowest BCUT2D eigenvalue weighted by molar-refractivity contribution is -0.149. The van der Waals surface area contributed by atoms with Gasteiger partial charge in [-0.15, -0.1) is 0 Å². The standard InChI is InChI=1S/C26H22F6O5/c1-16(36-21-11-5-18(6-12-21)25(27,28)29)15-35-20-9-3-17(4-10-20)23(24(33)34-2)37-22-13-7-19(8-14-22)26(30,31)32/h3-14,16,23H,15H2,1-2H3. The summed E-state index contributed by atoms with van der Waals surface area (Å²) in [5, 5.41) is 0. The van der Waals surface area contributed by atoms with E-state index in [9.17, 15) is 31.1 Å². The Morgan fingerprint density at radius 2 is 1.14 bits per heavy atom. The van der Waals surface area contributed by atoms with Crippen molar-refractivity contribution in [3.63, 3.8) is 0 Å². The van der Waals surface area contributed by atoms with Gasteiger partial charge in [-0.05, 0) is 67.6 Å². The Kier molecular flexibility index (Phi) is 8.57. The van der Waals surface area contributed by atoms with E-state index in [4.69, 9.17) is 18.9 Å². The summed E-state index contributed by atoms with van der Waals surface area (Å²) in [6.45, 7) is 1.75. The monoisotopic (exact) mass is 528 g/mol. The largest absolute Gasteiger partial charge is 0.490 e. The molecule has 198 valence electrons. The minimum atomic E-state index is -4.50. The van der Waals surface area contributed by atoms with E-state index in [1.165, 1.54) is 24.3 Å². The number of methoxy groups -OCH3 is 1. The van der Waals surface area contributed by atoms with Crippen LogP contribution >= 0.6 is 0 Å². The van der Waals surface area contributed by atoms with Gasteiger partial charge in [0.25, 0.3) is 0 Å². The number of halogens is 6. The van der Waals surface area contributed by atoms with Crippen molar-refractivity contribution in [2.45, 2.75) is 31.5 Å². The molecule has 0 heterocycles. The fourth-order valence-corrected chi connectivity index (χ4v) is 3.16. The molecule has 0 aliphatic heterocycles. The average Bonchev–Trinajstić information content (AvgIpc) is 2.85. The Balaban J connectivity index is 1.60. The Labute approximate surface area is 208 Å². The predicted molar refractivity (Wildman–Crippen MR) is 120 cm³/mol. The van der Waals surface area contributed by atoms with Crippen molar-refractivity contribution in [1.29, 1.82) is 0 Å². The first-order chi connectivity index (χ1) is 17.4. The molecule has 0 bridgehead atoms. The predicted octanol–water partition coefficient (Wildman–Crippen LogP) is 6.86. The van der Waals surface area contributed by atoms with Crippen LogP contribution in [0.15, 0.2) is 72.8 Å². The Morgan fingerprint density at radius 3 is 1.57 bits per heavy atom. The summed E-state index contributed by atoms with van der Waals surface area (Å²) in [7, 11) is 1.15. The van der Waals surface area contributed by atoms with Gasteiger partial charge in [-0.25, -0.2) is 4.79 Å². The SMILES string of the molecule is COC(=O)C(Oc1ccc(C(F)(F)F)cc1)c1ccc(OCC(C)Oc2ccc(C(F)(F)F)cc2)cc1. The van der Waals surface area contributed by atoms with Crippen LogP contribution in [0.2, 0.25) is 0 Å². The van der Waals surface area contributed by atoms with Gasteiger partial charge in [0.05, 0.1) is 18.2 Å². The quantitative estimate of drug-likeness (QED) is 0.224. The second kappa shape index (κ2) is 11.4. The van der Waals surface area contributed by atoms with E-state index in [1.54, 1.807) is 19.1 Å². The zero-order valence-corrected chi connectivity index (χ0v) is 19.6. The molecule has 0 aromatic heterocycles. The molecule has 0 spiro atoms. The number of ether oxygens (including phenoxy) is 4. The minimum Gasteiger partial charge on any atom is -0.490 e. The normalized spacial score (nSPS) is 13.4. The number of benzene rings is 3. The van der Waals surface area contributed by atoms with E-state index in [2.05, 4.69) is 0 Å². The maximum Gasteiger partial charge on any atom is 0.416 e. The second-order valence-corrected chi connectivity index (χ2v) is 7.87. The summed E-state index contributed by atoms with van der Waals surface area (Å²) in [5.41, 5.74) is -1.27. The lowest BCUT2D eigenvalue weighted by atomic mass is 10.1. The van der Waals surface area contributed by atoms with Crippen LogP contribution < -0.4 is 14.2 Å². The maximum absolute atomic E-state index is 12.8. The fourth-order valence-electron chi connectivity index (χ4n) is 3.16. The topological polar surface area (TPSA) is 54.0 Å². The first-order valence-corrected chi connectivity index (χ1v) is 10.8. The van der Waals surface area contributed by atoms with Crippen LogP contribution in [0.25, 0.3) is 0 Å². The van der Waals surface area contributed by atoms with Gasteiger partial charge in [0, 0.05) is 5.56 Å². The lowest BCUT2D eigenvalue weighted by Crippen LogP contribution is -2.21. The molecule has 3 rings (SSSR count). The van der Waals surface area contributed by atoms with Crippen molar-refractivity contribution < 1.29 is 50.1 Å². The van der Waals surface area contributed by atoms with Gasteiger partial charge in [-0.2, -0.15) is 26.3 Å². The van der Waals surface area contributed by atoms with Crippen LogP contribution in [0.5, 0.6) is 17.2 Å². The molecule has 2 atom stereocenters. The molecule has 0 saturated carbocycles. The average molecular weight is 528 g/mol. The third-order valence-corrected chi connectivity index (χ3v) is 5.04. The van der Waals surface area contributed by atoms with Crippen LogP contribution in [-0.4, -0.2) is 25.8 Å². The molecule has 0 radical (unpaired) electrons. The highest BCUT2D eigenvalue weighted by atomic mass is 19.4. The first-order valence-electron chi connectivity index (χ1n) is 10.8. The van der Waals surface area contributed by atoms with Crippen LogP contribution in [-0.2, 0) is 21.9 Å². The van der Waals surface area contributed by atoms with Crippen molar-refractivity contribution in [2.75, 3.05) is 13.7 Å². The minimum absolute atomic E-state index is 0.0398. The summed E-state index contributed by atoms with van der Waals surface area (Å²) in [5.74, 6) is -0.0596. The highest BCUT2D eigenvalue weighted by Crippen LogP contribution is 2.32. The van der Waals surface area contributed by atoms with Crippen molar-refractivity contribution in [3.05, 3.63) is 89.5 Å². The van der Waals surface area contributed by atoms with Crippen molar-refractivity contribution in [1.82, 2.24) is 0 Å². The molecule has 0 fully saturated rings. The summed E-state index contributed by atoms with van der Waals surface area (Å²) >= 11 is 0. The highest BCUT2D eigenvalue weighted by molar-refractivity contribution is 5.77. The zero-order chi connectivity index (χ0) is 27.2. The van der Waals surface area contributed by atoms with Gasteiger partial charge in [0.1, 0.15) is 30.0 Å². The van der Waals surface area contributed by atoms with Crippen LogP contribution in [0, 0.1) is 0 Å². The molecular weight excluding hydrogens is 506 g/mol. The maximum atomic E-state index is 12.8. The number of hydrogen-bond donors (Lipinski definition) is 0. The van der Waals surface area contributed by atoms with E-state index in [-0.39, 0.29) is 18.1 Å². The molecule has 5 nitrogen and oxygen atoms in total. The van der Waals surface area contributed by atoms with Crippen molar-refractivity contribution >= 4 is 5.97 Å². The van der Waals surface area contributed by atoms with Gasteiger partial charge in [-0.1, -0.05) is 12.1 Å². The molecule has 0 N–H and O–H groups in total. The van der Waals surface area contributed by atoms with E-state index in [0.29, 0.717) is 11.3 Å². The molecule has 0 amide bonds. The molecule has 3 aromatic rings. The second-order valence-electron chi connectivity index (χ2n) is 7.87. The summed E-state index contributed by atoms with van der Waals surface area (Å²) in [6.07, 6.45) is -10.7. The molecule has 0 saturated heterocycles. The molecular formula is C26H22F6O5. The molecule has 0 aliphatic carbocycles. The third-order valence-electron chi connectivity index (χ3n) is 5.04. The number of alkyl halides is 6. The van der Waals surface area contributed by atoms with E-state index < -0.39 is 41.7 Å². The van der Waals surface area contributed by atoms with E-state index >= 15 is 0 Å². The van der Waals surface area contributed by atoms with Gasteiger partial charge in [0.2, 0.25) is 6.10 Å². The molecule has 37 heavy (non-hydrogen) atoms. The van der Waals surface area contributed by atoms with E-state index in [0.717, 1.165) is 43.5 Å². The van der Waals surface area contributed by atoms with Gasteiger partial charge >= 0.3 is 18.3 Å². The summed E-state index contributed by atoms with van der Waals surface area (Å²) in [6, 6.07) is 14.3. The molecule has 2 unspecified atom stereocenters. The lowest BCUT2D eigenvalue weighted by Gasteiger charge is -2.19. The van der Waals surface area contributed by atoms with Gasteiger partial charge in [-0.3, -0.25) is 0 Å². The van der Waals surface area contributed by atoms with Crippen LogP contribution in [0.3, 0.4) is 0 Å². The van der Waals surface area contributed by atoms with Crippen LogP contribution in [0.4, 0.5) is 26.3 Å². The van der Waals surface area contributed by atoms with Crippen molar-refractivity contribution in [2.24, 2.45) is 0 Å². The van der Waals surface area contributed by atoms with Gasteiger partial charge < -0.3 is 18.9 Å². The Bertz CT molecular complexity index is 1160. The van der Waals surface area contributed by atoms with Gasteiger partial charge in [0.15, 0.2) is 0 Å². The van der Waals surface area contributed by atoms with Crippen molar-refractivity contribution in [3.8, 4) is 17.2 Å². The van der Waals surface area contributed by atoms with Crippen LogP contribution in [0.1, 0.15) is 29.7 Å². The number of carbonyl (C=O) groups is 1.